The molecule has 180 valence electrons. The van der Waals surface area contributed by atoms with Gasteiger partial charge in [-0.2, -0.15) is 0 Å². The first-order chi connectivity index (χ1) is 16.5. The molecule has 1 N–H and O–H groups in total. The molecule has 8 heteroatoms. The normalized spacial score (nSPS) is 15.9. The first-order valence-electron chi connectivity index (χ1n) is 11.9. The predicted molar refractivity (Wildman–Crippen MR) is 138 cm³/mol. The van der Waals surface area contributed by atoms with Crippen molar-refractivity contribution in [1.82, 2.24) is 29.9 Å². The van der Waals surface area contributed by atoms with Crippen LogP contribution in [0.15, 0.2) is 59.8 Å². The van der Waals surface area contributed by atoms with Crippen LogP contribution in [0, 0.1) is 6.92 Å². The number of carbonyl (C=O) groups is 1. The van der Waals surface area contributed by atoms with E-state index in [0.717, 1.165) is 61.4 Å². The molecule has 0 bridgehead atoms. The Bertz CT molecular complexity index is 1080. The number of aromatic nitrogens is 3. The summed E-state index contributed by atoms with van der Waals surface area (Å²) >= 11 is 1.44. The van der Waals surface area contributed by atoms with Crippen LogP contribution in [0.1, 0.15) is 24.1 Å². The van der Waals surface area contributed by atoms with Gasteiger partial charge < -0.3 is 14.8 Å². The lowest BCUT2D eigenvalue weighted by Crippen LogP contribution is -2.48. The Balaban J connectivity index is 1.41. The quantitative estimate of drug-likeness (QED) is 0.475. The zero-order valence-electron chi connectivity index (χ0n) is 20.3. The van der Waals surface area contributed by atoms with Gasteiger partial charge in [-0.3, -0.25) is 9.69 Å². The highest BCUT2D eigenvalue weighted by Gasteiger charge is 2.22. The highest BCUT2D eigenvalue weighted by Crippen LogP contribution is 2.25. The summed E-state index contributed by atoms with van der Waals surface area (Å²) in [4.78, 5) is 17.8. The monoisotopic (exact) mass is 478 g/mol. The van der Waals surface area contributed by atoms with E-state index < -0.39 is 0 Å². The summed E-state index contributed by atoms with van der Waals surface area (Å²) in [6.45, 7) is 9.86. The van der Waals surface area contributed by atoms with E-state index in [4.69, 9.17) is 0 Å². The molecule has 0 aliphatic carbocycles. The van der Waals surface area contributed by atoms with Gasteiger partial charge in [0.2, 0.25) is 5.91 Å². The maximum atomic E-state index is 13.0. The van der Waals surface area contributed by atoms with Gasteiger partial charge >= 0.3 is 0 Å². The number of nitrogens with one attached hydrogen (secondary N) is 1. The highest BCUT2D eigenvalue weighted by atomic mass is 32.2. The van der Waals surface area contributed by atoms with Gasteiger partial charge in [-0.1, -0.05) is 65.9 Å². The number of thioether (sulfide) groups is 1. The number of amides is 1. The van der Waals surface area contributed by atoms with E-state index in [1.807, 2.05) is 30.3 Å². The maximum Gasteiger partial charge on any atom is 0.231 e. The van der Waals surface area contributed by atoms with Gasteiger partial charge in [0, 0.05) is 44.8 Å². The third-order valence-electron chi connectivity index (χ3n) is 6.22. The number of likely N-dealkylation sites (N-methyl/N-ethyl adjacent to an activating group) is 1. The fraction of sp³-hybridized carbons (Fsp3) is 0.423. The van der Waals surface area contributed by atoms with Crippen LogP contribution in [-0.4, -0.2) is 76.0 Å². The van der Waals surface area contributed by atoms with Crippen LogP contribution in [0.25, 0.3) is 11.4 Å². The van der Waals surface area contributed by atoms with Crippen LogP contribution in [0.4, 0.5) is 0 Å². The van der Waals surface area contributed by atoms with Gasteiger partial charge in [0.25, 0.3) is 0 Å². The number of carbonyl (C=O) groups excluding carboxylic acids is 1. The topological polar surface area (TPSA) is 66.3 Å². The van der Waals surface area contributed by atoms with Crippen molar-refractivity contribution in [1.29, 1.82) is 0 Å². The molecule has 1 unspecified atom stereocenters. The van der Waals surface area contributed by atoms with Crippen molar-refractivity contribution in [2.24, 2.45) is 0 Å². The summed E-state index contributed by atoms with van der Waals surface area (Å²) < 4.78 is 2.08. The van der Waals surface area contributed by atoms with E-state index in [1.165, 1.54) is 17.3 Å². The SMILES string of the molecule is CCn1c(SCC(=O)NC(CN2CCN(C)CC2)c2ccccc2)nnc1-c1cccc(C)c1. The Morgan fingerprint density at radius 3 is 2.53 bits per heavy atom. The van der Waals surface area contributed by atoms with Crippen molar-refractivity contribution in [3.63, 3.8) is 0 Å². The Morgan fingerprint density at radius 1 is 1.06 bits per heavy atom. The second-order valence-electron chi connectivity index (χ2n) is 8.84. The lowest BCUT2D eigenvalue weighted by molar-refractivity contribution is -0.119. The van der Waals surface area contributed by atoms with Crippen LogP contribution in [-0.2, 0) is 11.3 Å². The minimum Gasteiger partial charge on any atom is -0.347 e. The first kappa shape index (κ1) is 24.4. The number of benzene rings is 2. The molecule has 2 aromatic carbocycles. The van der Waals surface area contributed by atoms with Crippen LogP contribution < -0.4 is 5.32 Å². The number of hydrogen-bond donors (Lipinski definition) is 1. The Labute approximate surface area is 206 Å². The molecule has 1 aliphatic heterocycles. The Morgan fingerprint density at radius 2 is 1.82 bits per heavy atom. The van der Waals surface area contributed by atoms with Crippen LogP contribution >= 0.6 is 11.8 Å². The standard InChI is InChI=1S/C26H34N6OS/c1-4-32-25(22-12-8-9-20(2)17-22)28-29-26(32)34-19-24(33)27-23(21-10-6-5-7-11-21)18-31-15-13-30(3)14-16-31/h5-12,17,23H,4,13-16,18-19H2,1-3H3,(H,27,33). The lowest BCUT2D eigenvalue weighted by atomic mass is 10.1. The van der Waals surface area contributed by atoms with Crippen molar-refractivity contribution in [2.45, 2.75) is 31.6 Å². The van der Waals surface area contributed by atoms with E-state index in [1.54, 1.807) is 0 Å². The van der Waals surface area contributed by atoms with Crippen molar-refractivity contribution in [2.75, 3.05) is 45.5 Å². The smallest absolute Gasteiger partial charge is 0.231 e. The molecular weight excluding hydrogens is 444 g/mol. The fourth-order valence-electron chi connectivity index (χ4n) is 4.25. The molecule has 1 aliphatic rings. The Hall–Kier alpha value is -2.68. The predicted octanol–water partition coefficient (Wildman–Crippen LogP) is 3.47. The number of nitrogens with zero attached hydrogens (tertiary/aromatic N) is 5. The summed E-state index contributed by atoms with van der Waals surface area (Å²) in [6, 6.07) is 18.5. The van der Waals surface area contributed by atoms with E-state index >= 15 is 0 Å². The molecule has 1 aromatic heterocycles. The van der Waals surface area contributed by atoms with Gasteiger partial charge in [-0.15, -0.1) is 10.2 Å². The summed E-state index contributed by atoms with van der Waals surface area (Å²) in [7, 11) is 2.16. The molecule has 0 spiro atoms. The third kappa shape index (κ3) is 6.25. The second-order valence-corrected chi connectivity index (χ2v) is 9.79. The van der Waals surface area contributed by atoms with Crippen molar-refractivity contribution >= 4 is 17.7 Å². The van der Waals surface area contributed by atoms with E-state index in [9.17, 15) is 4.79 Å². The lowest BCUT2D eigenvalue weighted by Gasteiger charge is -2.35. The van der Waals surface area contributed by atoms with Crippen LogP contribution in [0.5, 0.6) is 0 Å². The van der Waals surface area contributed by atoms with Gasteiger partial charge in [-0.05, 0) is 32.5 Å². The summed E-state index contributed by atoms with van der Waals surface area (Å²) in [5.41, 5.74) is 3.37. The van der Waals surface area contributed by atoms with Gasteiger partial charge in [-0.25, -0.2) is 0 Å². The van der Waals surface area contributed by atoms with Gasteiger partial charge in [0.05, 0.1) is 11.8 Å². The summed E-state index contributed by atoms with van der Waals surface area (Å²) in [5.74, 6) is 1.15. The number of aryl methyl sites for hydroxylation is 1. The van der Waals surface area contributed by atoms with Crippen LogP contribution in [0.3, 0.4) is 0 Å². The Kier molecular flexibility index (Phi) is 8.37. The molecule has 4 rings (SSSR count). The van der Waals surface area contributed by atoms with Gasteiger partial charge in [0.1, 0.15) is 0 Å². The number of rotatable bonds is 9. The molecule has 1 atom stereocenters. The molecule has 0 saturated carbocycles. The molecule has 1 saturated heterocycles. The fourth-order valence-corrected chi connectivity index (χ4v) is 5.07. The zero-order valence-corrected chi connectivity index (χ0v) is 21.1. The largest absolute Gasteiger partial charge is 0.347 e. The average molecular weight is 479 g/mol. The highest BCUT2D eigenvalue weighted by molar-refractivity contribution is 7.99. The molecule has 0 radical (unpaired) electrons. The minimum absolute atomic E-state index is 0.00994. The van der Waals surface area contributed by atoms with Crippen LogP contribution in [0.2, 0.25) is 0 Å². The van der Waals surface area contributed by atoms with Crippen molar-refractivity contribution in [3.8, 4) is 11.4 Å². The first-order valence-corrected chi connectivity index (χ1v) is 12.9. The molecular formula is C26H34N6OS. The second kappa shape index (κ2) is 11.6. The maximum absolute atomic E-state index is 13.0. The van der Waals surface area contributed by atoms with E-state index in [-0.39, 0.29) is 11.9 Å². The minimum atomic E-state index is -0.0374. The molecule has 1 amide bonds. The van der Waals surface area contributed by atoms with Gasteiger partial charge in [0.15, 0.2) is 11.0 Å². The third-order valence-corrected chi connectivity index (χ3v) is 7.18. The number of hydrogen-bond acceptors (Lipinski definition) is 6. The van der Waals surface area contributed by atoms with Crippen molar-refractivity contribution in [3.05, 3.63) is 65.7 Å². The summed E-state index contributed by atoms with van der Waals surface area (Å²) in [6.07, 6.45) is 0. The molecule has 7 nitrogen and oxygen atoms in total. The summed E-state index contributed by atoms with van der Waals surface area (Å²) in [5, 5.41) is 12.8. The molecule has 3 aromatic rings. The average Bonchev–Trinajstić information content (AvgIpc) is 3.27. The van der Waals surface area contributed by atoms with Crippen molar-refractivity contribution < 1.29 is 4.79 Å². The molecule has 1 fully saturated rings. The van der Waals surface area contributed by atoms with E-state index in [2.05, 4.69) is 75.0 Å². The number of piperazine rings is 1. The molecule has 2 heterocycles. The molecule has 34 heavy (non-hydrogen) atoms. The van der Waals surface area contributed by atoms with E-state index in [0.29, 0.717) is 5.75 Å². The zero-order chi connectivity index (χ0) is 23.9.